The van der Waals surface area contributed by atoms with E-state index in [-0.39, 0.29) is 36.6 Å². The van der Waals surface area contributed by atoms with Crippen LogP contribution in [-0.4, -0.2) is 60.6 Å². The molecule has 0 spiro atoms. The van der Waals surface area contributed by atoms with E-state index >= 15 is 0 Å². The molecule has 11 N–H and O–H groups in total. The zero-order valence-electron chi connectivity index (χ0n) is 22.0. The summed E-state index contributed by atoms with van der Waals surface area (Å²) in [6, 6.07) is 6.11. The molecule has 0 unspecified atom stereocenters. The summed E-state index contributed by atoms with van der Waals surface area (Å²) in [5.41, 5.74) is 18.8. The van der Waals surface area contributed by atoms with Crippen molar-refractivity contribution < 1.29 is 36.6 Å². The molecule has 0 radical (unpaired) electrons. The zero-order chi connectivity index (χ0) is 27.8. The summed E-state index contributed by atoms with van der Waals surface area (Å²) in [6.45, 7) is 5.64. The van der Waals surface area contributed by atoms with Gasteiger partial charge in [0.1, 0.15) is 12.1 Å². The maximum Gasteiger partial charge on any atom is 0.338 e. The van der Waals surface area contributed by atoms with Gasteiger partial charge in [0.05, 0.1) is 12.6 Å². The van der Waals surface area contributed by atoms with Gasteiger partial charge in [0, 0.05) is 19.6 Å². The van der Waals surface area contributed by atoms with Crippen molar-refractivity contribution in [2.24, 2.45) is 28.2 Å². The summed E-state index contributed by atoms with van der Waals surface area (Å²) in [5.74, 6) is -1.10. The smallest absolute Gasteiger partial charge is 0.338 e. The predicted molar refractivity (Wildman–Crippen MR) is 141 cm³/mol. The van der Waals surface area contributed by atoms with Crippen molar-refractivity contribution in [3.05, 3.63) is 35.9 Å². The summed E-state index contributed by atoms with van der Waals surface area (Å²) in [7, 11) is 0. The van der Waals surface area contributed by atoms with E-state index < -0.39 is 36.0 Å². The summed E-state index contributed by atoms with van der Waals surface area (Å²) < 4.78 is 0. The molecule has 0 fully saturated rings. The molecule has 13 nitrogen and oxygen atoms in total. The Morgan fingerprint density at radius 2 is 1.61 bits per heavy atom. The summed E-state index contributed by atoms with van der Waals surface area (Å²) in [6.07, 6.45) is 2.97. The highest BCUT2D eigenvalue weighted by Gasteiger charge is 2.28. The van der Waals surface area contributed by atoms with E-state index in [1.807, 2.05) is 44.2 Å². The lowest BCUT2D eigenvalue weighted by molar-refractivity contribution is -0.459. The third-order valence-corrected chi connectivity index (χ3v) is 5.09. The number of nitrogens with two attached hydrogens (primary N) is 3. The molecule has 0 saturated heterocycles. The number of urea groups is 1. The maximum absolute atomic E-state index is 13.2. The molecular weight excluding hydrogens is 515 g/mol. The van der Waals surface area contributed by atoms with Gasteiger partial charge in [-0.1, -0.05) is 44.2 Å². The average molecular weight is 555 g/mol. The van der Waals surface area contributed by atoms with Gasteiger partial charge in [-0.25, -0.2) is 10.2 Å². The van der Waals surface area contributed by atoms with Crippen LogP contribution in [0.15, 0.2) is 35.4 Å². The van der Waals surface area contributed by atoms with Crippen LogP contribution >= 0.6 is 0 Å². The minimum atomic E-state index is -0.870. The van der Waals surface area contributed by atoms with Crippen LogP contribution in [0.25, 0.3) is 0 Å². The van der Waals surface area contributed by atoms with Gasteiger partial charge in [0.2, 0.25) is 17.7 Å². The van der Waals surface area contributed by atoms with Gasteiger partial charge in [0.15, 0.2) is 0 Å². The quantitative estimate of drug-likeness (QED) is 0.0347. The normalized spacial score (nSPS) is 12.9. The fraction of sp³-hybridized carbons (Fsp3) is 0.500. The van der Waals surface area contributed by atoms with Crippen LogP contribution in [0.2, 0.25) is 0 Å². The van der Waals surface area contributed by atoms with E-state index in [0.29, 0.717) is 25.8 Å². The Bertz CT molecular complexity index is 953. The molecule has 38 heavy (non-hydrogen) atoms. The number of nitrogens with one attached hydrogen (secondary N) is 5. The largest absolute Gasteiger partial charge is 1.00 e. The molecule has 0 aliphatic rings. The molecule has 212 valence electrons. The molecule has 0 saturated carbocycles. The van der Waals surface area contributed by atoms with Gasteiger partial charge in [-0.3, -0.25) is 30.8 Å². The van der Waals surface area contributed by atoms with Crippen LogP contribution in [0, 0.1) is 5.92 Å². The van der Waals surface area contributed by atoms with Crippen LogP contribution in [0.3, 0.4) is 0 Å². The Kier molecular flexibility index (Phi) is 16.5. The Morgan fingerprint density at radius 1 is 0.974 bits per heavy atom. The van der Waals surface area contributed by atoms with Crippen molar-refractivity contribution in [2.75, 3.05) is 6.54 Å². The topological polar surface area (TPSA) is 221 Å². The van der Waals surface area contributed by atoms with Gasteiger partial charge in [-0.05, 0) is 30.7 Å². The number of carbonyl (C=O) groups is 4. The number of nitrogens with zero attached hydrogens (tertiary/aromatic N) is 1. The maximum atomic E-state index is 13.2. The van der Waals surface area contributed by atoms with Gasteiger partial charge < -0.3 is 34.1 Å². The molecule has 3 atom stereocenters. The lowest BCUT2D eigenvalue weighted by atomic mass is 10.0. The minimum Gasteiger partial charge on any atom is -1.00 e. The summed E-state index contributed by atoms with van der Waals surface area (Å²) in [5, 5.41) is 12.0. The first-order chi connectivity index (χ1) is 17.5. The molecule has 0 aliphatic heterocycles. The highest BCUT2D eigenvalue weighted by atomic mass is 35.5. The van der Waals surface area contributed by atoms with Crippen molar-refractivity contribution in [3.8, 4) is 0 Å². The predicted octanol–water partition coefficient (Wildman–Crippen LogP) is -5.46. The fourth-order valence-electron chi connectivity index (χ4n) is 3.49. The van der Waals surface area contributed by atoms with Crippen molar-refractivity contribution in [2.45, 2.75) is 64.6 Å². The molecule has 5 amide bonds. The molecular formula is C24H40ClN9O4. The third-order valence-electron chi connectivity index (χ3n) is 5.09. The fourth-order valence-corrected chi connectivity index (χ4v) is 3.49. The molecule has 14 heteroatoms. The number of hydrazone groups is 1. The molecule has 0 aromatic heterocycles. The second-order valence-electron chi connectivity index (χ2n) is 9.03. The van der Waals surface area contributed by atoms with Gasteiger partial charge in [-0.15, -0.1) is 0 Å². The van der Waals surface area contributed by atoms with Crippen LogP contribution < -0.4 is 56.0 Å². The Hall–Kier alpha value is -3.87. The number of amides is 5. The van der Waals surface area contributed by atoms with E-state index in [1.165, 1.54) is 13.1 Å². The summed E-state index contributed by atoms with van der Waals surface area (Å²) >= 11 is 0. The van der Waals surface area contributed by atoms with E-state index in [9.17, 15) is 19.2 Å². The highest BCUT2D eigenvalue weighted by Crippen LogP contribution is 2.09. The monoisotopic (exact) mass is 554 g/mol. The van der Waals surface area contributed by atoms with Crippen molar-refractivity contribution in [1.29, 1.82) is 0 Å². The third kappa shape index (κ3) is 15.3. The lowest BCUT2D eigenvalue weighted by Crippen LogP contribution is -3.00. The van der Waals surface area contributed by atoms with Gasteiger partial charge >= 0.3 is 12.0 Å². The number of halogens is 1. The lowest BCUT2D eigenvalue weighted by Gasteiger charge is -2.25. The van der Waals surface area contributed by atoms with Crippen LogP contribution in [0.1, 0.15) is 45.6 Å². The molecule has 1 rings (SSSR count). The first-order valence-electron chi connectivity index (χ1n) is 12.1. The molecule has 0 aliphatic carbocycles. The average Bonchev–Trinajstić information content (AvgIpc) is 2.80. The zero-order valence-corrected chi connectivity index (χ0v) is 22.8. The number of hydrogen-bond donors (Lipinski definition) is 8. The first-order valence-corrected chi connectivity index (χ1v) is 12.1. The van der Waals surface area contributed by atoms with Crippen LogP contribution in [-0.2, 0) is 20.8 Å². The Labute approximate surface area is 229 Å². The van der Waals surface area contributed by atoms with E-state index in [0.717, 1.165) is 5.56 Å². The summed E-state index contributed by atoms with van der Waals surface area (Å²) in [4.78, 5) is 51.9. The molecule has 0 heterocycles. The number of hydrogen-bond acceptors (Lipinski definition) is 5. The van der Waals surface area contributed by atoms with Crippen LogP contribution in [0.5, 0.6) is 0 Å². The first kappa shape index (κ1) is 34.1. The SMILES string of the molecule is CC(=O)N[C@@H](Cc1ccccc1)C(=O)N[C@@H](CC(C)C)C(=O)N[C@@H](CCC[NH+]=C(N)N)/[13CH]=N/NC(N)=O.[Cl-]. The van der Waals surface area contributed by atoms with Crippen molar-refractivity contribution >= 4 is 35.9 Å². The number of benzene rings is 1. The minimum absolute atomic E-state index is 0. The Morgan fingerprint density at radius 3 is 2.16 bits per heavy atom. The van der Waals surface area contributed by atoms with E-state index in [4.69, 9.17) is 17.2 Å². The number of primary amides is 1. The molecule has 1 aromatic rings. The number of carbonyl (C=O) groups excluding carboxylic acids is 4. The Balaban J connectivity index is 0.0000137. The van der Waals surface area contributed by atoms with Gasteiger partial charge in [-0.2, -0.15) is 5.10 Å². The van der Waals surface area contributed by atoms with Crippen LogP contribution in [0.4, 0.5) is 4.79 Å². The highest BCUT2D eigenvalue weighted by molar-refractivity contribution is 5.92. The van der Waals surface area contributed by atoms with Gasteiger partial charge in [0.25, 0.3) is 0 Å². The number of guanidine groups is 1. The molecule has 0 bridgehead atoms. The second kappa shape index (κ2) is 18.4. The second-order valence-corrected chi connectivity index (χ2v) is 9.03. The number of rotatable bonds is 15. The standard InChI is InChI=1S/C24H39N9O4.ClH/c1-15(2)12-19(32-22(36)20(30-16(3)34)13-17-8-5-4-6-9-17)21(35)31-18(14-29-33-24(27)37)10-7-11-28-23(25)26;/h4-6,8-9,14-15,18-20H,7,10-13H2,1-3H3,(H,30,34)(H,31,35)(H,32,36)(H4,25,26,28)(H3,27,33,37);1H/b29-14+;/t18-,19-,20-;/m0./s1/i14+1;. The van der Waals surface area contributed by atoms with Crippen molar-refractivity contribution in [3.63, 3.8) is 0 Å². The van der Waals surface area contributed by atoms with Crippen molar-refractivity contribution in [1.82, 2.24) is 21.4 Å². The van der Waals surface area contributed by atoms with E-state index in [2.05, 4.69) is 31.5 Å². The van der Waals surface area contributed by atoms with E-state index in [1.54, 1.807) is 0 Å². The molecule has 1 aromatic carbocycles.